The van der Waals surface area contributed by atoms with Crippen LogP contribution in [0.25, 0.3) is 11.0 Å². The van der Waals surface area contributed by atoms with Crippen LogP contribution in [0.1, 0.15) is 33.5 Å². The Bertz CT molecular complexity index is 1330. The van der Waals surface area contributed by atoms with Crippen molar-refractivity contribution >= 4 is 34.8 Å². The van der Waals surface area contributed by atoms with Gasteiger partial charge < -0.3 is 42.7 Å². The molecule has 0 saturated carbocycles. The van der Waals surface area contributed by atoms with Gasteiger partial charge in [-0.2, -0.15) is 0 Å². The molecule has 1 aromatic heterocycles. The maximum atomic E-state index is 12.7. The lowest BCUT2D eigenvalue weighted by Gasteiger charge is -2.43. The van der Waals surface area contributed by atoms with Gasteiger partial charge in [-0.25, -0.2) is 0 Å². The summed E-state index contributed by atoms with van der Waals surface area (Å²) in [4.78, 5) is 60.4. The molecule has 2 heterocycles. The monoisotopic (exact) mass is 552 g/mol. The molecular formula is C25H28O14. The molecular weight excluding hydrogens is 524 g/mol. The second kappa shape index (κ2) is 12.1. The lowest BCUT2D eigenvalue weighted by molar-refractivity contribution is -0.288. The maximum absolute atomic E-state index is 12.7. The van der Waals surface area contributed by atoms with Crippen LogP contribution in [0.15, 0.2) is 21.3 Å². The number of aryl methyl sites for hydroxylation is 1. The fourth-order valence-corrected chi connectivity index (χ4v) is 4.11. The molecule has 1 fully saturated rings. The van der Waals surface area contributed by atoms with E-state index in [4.69, 9.17) is 37.6 Å². The number of methoxy groups -OCH3 is 1. The number of hydrogen-bond donors (Lipinski definition) is 1. The predicted octanol–water partition coefficient (Wildman–Crippen LogP) is 0.926. The minimum absolute atomic E-state index is 0.00404. The smallest absolute Gasteiger partial charge is 0.308 e. The summed E-state index contributed by atoms with van der Waals surface area (Å²) in [5.74, 6) is -3.77. The Morgan fingerprint density at radius 2 is 1.46 bits per heavy atom. The van der Waals surface area contributed by atoms with Gasteiger partial charge in [0.15, 0.2) is 29.1 Å². The molecule has 0 radical (unpaired) electrons. The predicted molar refractivity (Wildman–Crippen MR) is 128 cm³/mol. The number of fused-ring (bicyclic) bond motifs is 1. The van der Waals surface area contributed by atoms with Crippen LogP contribution in [0.2, 0.25) is 0 Å². The molecule has 1 aliphatic rings. The van der Waals surface area contributed by atoms with Crippen molar-refractivity contribution in [2.75, 3.05) is 13.7 Å². The topological polar surface area (TPSA) is 183 Å². The molecule has 14 nitrogen and oxygen atoms in total. The molecule has 1 aromatic carbocycles. The SMILES string of the molecule is COc1c(OC(C)=O)c(O[C@@H]2O[C@H](CO)[C@@H](OC(C)=O)[C@H](OC(C)=O)[C@H]2OC(C)=O)cc2oc(C)cc(=O)c12. The molecule has 14 heteroatoms. The number of rotatable bonds is 8. The van der Waals surface area contributed by atoms with Crippen molar-refractivity contribution < 1.29 is 61.9 Å². The molecule has 0 aliphatic carbocycles. The van der Waals surface area contributed by atoms with Gasteiger partial charge in [-0.1, -0.05) is 0 Å². The van der Waals surface area contributed by atoms with Gasteiger partial charge in [0.1, 0.15) is 22.8 Å². The molecule has 0 spiro atoms. The highest BCUT2D eigenvalue weighted by atomic mass is 16.7. The first-order valence-corrected chi connectivity index (χ1v) is 11.6. The van der Waals surface area contributed by atoms with Gasteiger partial charge in [0.05, 0.1) is 13.7 Å². The lowest BCUT2D eigenvalue weighted by atomic mass is 9.98. The number of esters is 4. The zero-order valence-corrected chi connectivity index (χ0v) is 22.0. The van der Waals surface area contributed by atoms with E-state index >= 15 is 0 Å². The summed E-state index contributed by atoms with van der Waals surface area (Å²) in [5.41, 5.74) is -0.493. The number of aliphatic hydroxyl groups is 1. The number of aliphatic hydroxyl groups excluding tert-OH is 1. The number of hydrogen-bond acceptors (Lipinski definition) is 14. The summed E-state index contributed by atoms with van der Waals surface area (Å²) in [7, 11) is 1.23. The highest BCUT2D eigenvalue weighted by Gasteiger charge is 2.53. The molecule has 0 bridgehead atoms. The van der Waals surface area contributed by atoms with E-state index in [1.807, 2.05) is 0 Å². The van der Waals surface area contributed by atoms with Gasteiger partial charge in [-0.15, -0.1) is 0 Å². The average Bonchev–Trinajstić information content (AvgIpc) is 2.81. The molecule has 1 aliphatic heterocycles. The van der Waals surface area contributed by atoms with E-state index in [9.17, 15) is 29.1 Å². The number of carbonyl (C=O) groups is 4. The van der Waals surface area contributed by atoms with Gasteiger partial charge in [-0.05, 0) is 6.92 Å². The second-order valence-corrected chi connectivity index (χ2v) is 8.49. The van der Waals surface area contributed by atoms with Gasteiger partial charge in [-0.3, -0.25) is 24.0 Å². The highest BCUT2D eigenvalue weighted by Crippen LogP contribution is 2.44. The Morgan fingerprint density at radius 1 is 0.872 bits per heavy atom. The van der Waals surface area contributed by atoms with Gasteiger partial charge in [0.25, 0.3) is 0 Å². The van der Waals surface area contributed by atoms with E-state index < -0.39 is 66.6 Å². The Labute approximate surface area is 221 Å². The Kier molecular flexibility index (Phi) is 9.14. The third-order valence-electron chi connectivity index (χ3n) is 5.39. The molecule has 3 rings (SSSR count). The van der Waals surface area contributed by atoms with Crippen molar-refractivity contribution in [2.24, 2.45) is 0 Å². The summed E-state index contributed by atoms with van der Waals surface area (Å²) in [6.07, 6.45) is -7.36. The zero-order valence-electron chi connectivity index (χ0n) is 22.0. The number of benzene rings is 1. The lowest BCUT2D eigenvalue weighted by Crippen LogP contribution is -2.63. The van der Waals surface area contributed by atoms with E-state index in [1.54, 1.807) is 6.92 Å². The highest BCUT2D eigenvalue weighted by molar-refractivity contribution is 5.90. The van der Waals surface area contributed by atoms with Gasteiger partial charge in [0, 0.05) is 39.8 Å². The Balaban J connectivity index is 2.21. The molecule has 0 unspecified atom stereocenters. The van der Waals surface area contributed by atoms with Crippen LogP contribution in [-0.2, 0) is 38.1 Å². The Morgan fingerprint density at radius 3 is 2.00 bits per heavy atom. The first-order chi connectivity index (χ1) is 18.4. The molecule has 0 amide bonds. The molecule has 2 aromatic rings. The van der Waals surface area contributed by atoms with Crippen LogP contribution in [0, 0.1) is 6.92 Å². The van der Waals surface area contributed by atoms with Crippen LogP contribution in [0.4, 0.5) is 0 Å². The van der Waals surface area contributed by atoms with Crippen molar-refractivity contribution in [3.8, 4) is 17.2 Å². The minimum Gasteiger partial charge on any atom is -0.492 e. The van der Waals surface area contributed by atoms with Crippen molar-refractivity contribution in [3.05, 3.63) is 28.1 Å². The zero-order chi connectivity index (χ0) is 29.0. The van der Waals surface area contributed by atoms with Crippen LogP contribution < -0.4 is 19.6 Å². The standard InChI is InChI=1S/C25H28O14/c1-10-7-15(31)19-16(33-10)8-17(20(22(19)32-6)34-11(2)27)38-25-24(37-14(5)30)23(36-13(4)29)21(35-12(3)28)18(9-26)39-25/h7-8,18,21,23-26H,9H2,1-6H3/t18-,21-,23+,24-,25-/m1/s1. The summed E-state index contributed by atoms with van der Waals surface area (Å²) in [5, 5.41) is 9.93. The van der Waals surface area contributed by atoms with Gasteiger partial charge >= 0.3 is 23.9 Å². The summed E-state index contributed by atoms with van der Waals surface area (Å²) in [6.45, 7) is 5.15. The third-order valence-corrected chi connectivity index (χ3v) is 5.39. The molecule has 1 saturated heterocycles. The first kappa shape index (κ1) is 29.4. The molecule has 39 heavy (non-hydrogen) atoms. The van der Waals surface area contributed by atoms with Gasteiger partial charge in [0.2, 0.25) is 18.1 Å². The molecule has 212 valence electrons. The second-order valence-electron chi connectivity index (χ2n) is 8.49. The fraction of sp³-hybridized carbons (Fsp3) is 0.480. The van der Waals surface area contributed by atoms with Crippen molar-refractivity contribution in [2.45, 2.75) is 65.3 Å². The van der Waals surface area contributed by atoms with E-state index in [1.165, 1.54) is 19.2 Å². The largest absolute Gasteiger partial charge is 0.492 e. The number of ether oxygens (including phenoxy) is 7. The normalized spacial score (nSPS) is 22.5. The van der Waals surface area contributed by atoms with E-state index in [0.29, 0.717) is 0 Å². The van der Waals surface area contributed by atoms with Crippen molar-refractivity contribution in [1.82, 2.24) is 0 Å². The van der Waals surface area contributed by atoms with Crippen LogP contribution in [0.3, 0.4) is 0 Å². The van der Waals surface area contributed by atoms with Crippen LogP contribution >= 0.6 is 0 Å². The van der Waals surface area contributed by atoms with Crippen LogP contribution in [-0.4, -0.2) is 73.4 Å². The Hall–Kier alpha value is -4.17. The van der Waals surface area contributed by atoms with Crippen molar-refractivity contribution in [3.63, 3.8) is 0 Å². The molecule has 1 N–H and O–H groups in total. The molecule has 5 atom stereocenters. The maximum Gasteiger partial charge on any atom is 0.308 e. The van der Waals surface area contributed by atoms with E-state index in [2.05, 4.69) is 0 Å². The average molecular weight is 552 g/mol. The van der Waals surface area contributed by atoms with Crippen molar-refractivity contribution in [1.29, 1.82) is 0 Å². The van der Waals surface area contributed by atoms with E-state index in [-0.39, 0.29) is 34.0 Å². The third kappa shape index (κ3) is 6.64. The number of carbonyl (C=O) groups excluding carboxylic acids is 4. The summed E-state index contributed by atoms with van der Waals surface area (Å²) >= 11 is 0. The summed E-state index contributed by atoms with van der Waals surface area (Å²) < 4.78 is 44.0. The van der Waals surface area contributed by atoms with E-state index in [0.717, 1.165) is 27.7 Å². The fourth-order valence-electron chi connectivity index (χ4n) is 4.11. The first-order valence-electron chi connectivity index (χ1n) is 11.6. The minimum atomic E-state index is -1.63. The van der Waals surface area contributed by atoms with Crippen LogP contribution in [0.5, 0.6) is 17.2 Å². The summed E-state index contributed by atoms with van der Waals surface area (Å²) in [6, 6.07) is 2.44. The quantitative estimate of drug-likeness (QED) is 0.277.